The topological polar surface area (TPSA) is 33.5 Å². The monoisotopic (exact) mass is 335 g/mol. The lowest BCUT2D eigenvalue weighted by molar-refractivity contribution is -0.114. The summed E-state index contributed by atoms with van der Waals surface area (Å²) in [6, 6.07) is 17.6. The molecule has 0 aliphatic rings. The number of aryl methyl sites for hydroxylation is 1. The number of amides is 1. The van der Waals surface area contributed by atoms with Crippen LogP contribution >= 0.6 is 0 Å². The molecule has 0 atom stereocenters. The molecule has 126 valence electrons. The van der Waals surface area contributed by atoms with E-state index in [-0.39, 0.29) is 11.7 Å². The molecular weight excluding hydrogens is 317 g/mol. The molecule has 3 aromatic rings. The van der Waals surface area contributed by atoms with Gasteiger partial charge in [0.05, 0.1) is 12.8 Å². The highest BCUT2D eigenvalue weighted by molar-refractivity contribution is 6.03. The molecule has 0 radical (unpaired) electrons. The number of anilines is 1. The first kappa shape index (κ1) is 16.7. The van der Waals surface area contributed by atoms with Gasteiger partial charge in [-0.2, -0.15) is 0 Å². The predicted molar refractivity (Wildman–Crippen MR) is 96.5 cm³/mol. The third-order valence-electron chi connectivity index (χ3n) is 3.82. The van der Waals surface area contributed by atoms with Crippen LogP contribution in [0.2, 0.25) is 0 Å². The van der Waals surface area contributed by atoms with Crippen molar-refractivity contribution in [2.24, 2.45) is 0 Å². The standard InChI is InChI=1S/C21H18FNO2/c1-16-8-11-18(12-9-16)23(15-19-6-4-14-25-19)21(24)13-10-17-5-2-3-7-20(17)22/h2-14H,15H2,1H3/b13-10+. The fraction of sp³-hybridized carbons (Fsp3) is 0.0952. The van der Waals surface area contributed by atoms with Crippen LogP contribution in [0.15, 0.2) is 77.4 Å². The smallest absolute Gasteiger partial charge is 0.251 e. The van der Waals surface area contributed by atoms with E-state index in [2.05, 4.69) is 0 Å². The second-order valence-corrected chi connectivity index (χ2v) is 5.69. The van der Waals surface area contributed by atoms with Gasteiger partial charge in [0, 0.05) is 17.3 Å². The van der Waals surface area contributed by atoms with Gasteiger partial charge in [0.1, 0.15) is 11.6 Å². The largest absolute Gasteiger partial charge is 0.467 e. The van der Waals surface area contributed by atoms with Gasteiger partial charge < -0.3 is 9.32 Å². The van der Waals surface area contributed by atoms with Gasteiger partial charge in [0.25, 0.3) is 5.91 Å². The van der Waals surface area contributed by atoms with E-state index in [0.29, 0.717) is 17.9 Å². The lowest BCUT2D eigenvalue weighted by Gasteiger charge is -2.20. The van der Waals surface area contributed by atoms with E-state index in [1.165, 1.54) is 18.2 Å². The van der Waals surface area contributed by atoms with Crippen LogP contribution in [0.25, 0.3) is 6.08 Å². The van der Waals surface area contributed by atoms with Gasteiger partial charge in [-0.15, -0.1) is 0 Å². The zero-order chi connectivity index (χ0) is 17.6. The molecule has 0 saturated carbocycles. The molecular formula is C21H18FNO2. The summed E-state index contributed by atoms with van der Waals surface area (Å²) < 4.78 is 19.1. The number of carbonyl (C=O) groups excluding carboxylic acids is 1. The molecule has 1 amide bonds. The van der Waals surface area contributed by atoms with Gasteiger partial charge in [0.2, 0.25) is 0 Å². The Morgan fingerprint density at radius 2 is 1.84 bits per heavy atom. The number of halogens is 1. The van der Waals surface area contributed by atoms with Gasteiger partial charge in [0.15, 0.2) is 0 Å². The van der Waals surface area contributed by atoms with Crippen LogP contribution in [0.3, 0.4) is 0 Å². The number of carbonyl (C=O) groups is 1. The molecule has 25 heavy (non-hydrogen) atoms. The summed E-state index contributed by atoms with van der Waals surface area (Å²) in [5, 5.41) is 0. The summed E-state index contributed by atoms with van der Waals surface area (Å²) in [6.45, 7) is 2.29. The van der Waals surface area contributed by atoms with E-state index in [9.17, 15) is 9.18 Å². The Balaban J connectivity index is 1.86. The highest BCUT2D eigenvalue weighted by Crippen LogP contribution is 2.19. The number of rotatable bonds is 5. The van der Waals surface area contributed by atoms with Gasteiger partial charge in [-0.3, -0.25) is 4.79 Å². The molecule has 0 saturated heterocycles. The minimum atomic E-state index is -0.362. The summed E-state index contributed by atoms with van der Waals surface area (Å²) in [4.78, 5) is 14.3. The van der Waals surface area contributed by atoms with Crippen molar-refractivity contribution in [3.63, 3.8) is 0 Å². The van der Waals surface area contributed by atoms with Gasteiger partial charge in [-0.25, -0.2) is 4.39 Å². The van der Waals surface area contributed by atoms with Crippen molar-refractivity contribution in [3.05, 3.63) is 95.7 Å². The van der Waals surface area contributed by atoms with Crippen LogP contribution in [-0.4, -0.2) is 5.91 Å². The molecule has 0 unspecified atom stereocenters. The molecule has 0 aliphatic heterocycles. The first-order valence-electron chi connectivity index (χ1n) is 7.96. The third kappa shape index (κ3) is 4.23. The van der Waals surface area contributed by atoms with E-state index in [4.69, 9.17) is 4.42 Å². The van der Waals surface area contributed by atoms with Crippen molar-refractivity contribution in [2.45, 2.75) is 13.5 Å². The van der Waals surface area contributed by atoms with E-state index in [0.717, 1.165) is 11.3 Å². The van der Waals surface area contributed by atoms with Gasteiger partial charge in [-0.05, 0) is 43.3 Å². The number of hydrogen-bond acceptors (Lipinski definition) is 2. The minimum absolute atomic E-state index is 0.247. The Hall–Kier alpha value is -3.14. The van der Waals surface area contributed by atoms with Crippen molar-refractivity contribution in [1.29, 1.82) is 0 Å². The predicted octanol–water partition coefficient (Wildman–Crippen LogP) is 4.97. The minimum Gasteiger partial charge on any atom is -0.467 e. The molecule has 0 aliphatic carbocycles. The van der Waals surface area contributed by atoms with Crippen LogP contribution in [0, 0.1) is 12.7 Å². The van der Waals surface area contributed by atoms with Crippen LogP contribution in [0.5, 0.6) is 0 Å². The summed E-state index contributed by atoms with van der Waals surface area (Å²) >= 11 is 0. The maximum absolute atomic E-state index is 13.7. The van der Waals surface area contributed by atoms with Crippen molar-refractivity contribution in [3.8, 4) is 0 Å². The number of hydrogen-bond donors (Lipinski definition) is 0. The Kier molecular flexibility index (Phi) is 5.09. The summed E-state index contributed by atoms with van der Waals surface area (Å²) in [7, 11) is 0. The SMILES string of the molecule is Cc1ccc(N(Cc2ccco2)C(=O)/C=C/c2ccccc2F)cc1. The zero-order valence-corrected chi connectivity index (χ0v) is 13.9. The molecule has 0 spiro atoms. The second kappa shape index (κ2) is 7.62. The Labute approximate surface area is 146 Å². The van der Waals surface area contributed by atoms with E-state index < -0.39 is 0 Å². The Bertz CT molecular complexity index is 867. The van der Waals surface area contributed by atoms with Gasteiger partial charge in [-0.1, -0.05) is 35.9 Å². The van der Waals surface area contributed by atoms with Crippen LogP contribution in [-0.2, 0) is 11.3 Å². The maximum Gasteiger partial charge on any atom is 0.251 e. The molecule has 1 aromatic heterocycles. The maximum atomic E-state index is 13.7. The fourth-order valence-electron chi connectivity index (χ4n) is 2.44. The Morgan fingerprint density at radius 3 is 2.52 bits per heavy atom. The highest BCUT2D eigenvalue weighted by atomic mass is 19.1. The van der Waals surface area contributed by atoms with E-state index in [1.807, 2.05) is 37.3 Å². The molecule has 2 aromatic carbocycles. The molecule has 0 N–H and O–H groups in total. The molecule has 4 heteroatoms. The van der Waals surface area contributed by atoms with Crippen LogP contribution in [0.1, 0.15) is 16.9 Å². The zero-order valence-electron chi connectivity index (χ0n) is 13.9. The highest BCUT2D eigenvalue weighted by Gasteiger charge is 2.15. The van der Waals surface area contributed by atoms with Crippen molar-refractivity contribution >= 4 is 17.7 Å². The van der Waals surface area contributed by atoms with Crippen molar-refractivity contribution in [1.82, 2.24) is 0 Å². The lowest BCUT2D eigenvalue weighted by Crippen LogP contribution is -2.28. The average molecular weight is 335 g/mol. The first-order valence-corrected chi connectivity index (χ1v) is 7.96. The summed E-state index contributed by atoms with van der Waals surface area (Å²) in [6.07, 6.45) is 4.44. The fourth-order valence-corrected chi connectivity index (χ4v) is 2.44. The molecule has 0 fully saturated rings. The lowest BCUT2D eigenvalue weighted by atomic mass is 10.2. The number of furan rings is 1. The number of nitrogens with zero attached hydrogens (tertiary/aromatic N) is 1. The average Bonchev–Trinajstić information content (AvgIpc) is 3.13. The summed E-state index contributed by atoms with van der Waals surface area (Å²) in [5.74, 6) is 0.0659. The third-order valence-corrected chi connectivity index (χ3v) is 3.82. The molecule has 1 heterocycles. The van der Waals surface area contributed by atoms with E-state index >= 15 is 0 Å². The second-order valence-electron chi connectivity index (χ2n) is 5.69. The molecule has 3 nitrogen and oxygen atoms in total. The first-order chi connectivity index (χ1) is 12.1. The number of benzene rings is 2. The van der Waals surface area contributed by atoms with Crippen LogP contribution in [0.4, 0.5) is 10.1 Å². The van der Waals surface area contributed by atoms with Gasteiger partial charge >= 0.3 is 0 Å². The normalized spacial score (nSPS) is 11.0. The quantitative estimate of drug-likeness (QED) is 0.617. The Morgan fingerprint density at radius 1 is 1.08 bits per heavy atom. The van der Waals surface area contributed by atoms with Crippen molar-refractivity contribution in [2.75, 3.05) is 4.90 Å². The van der Waals surface area contributed by atoms with Crippen LogP contribution < -0.4 is 4.90 Å². The molecule has 0 bridgehead atoms. The van der Waals surface area contributed by atoms with Crippen molar-refractivity contribution < 1.29 is 13.6 Å². The summed E-state index contributed by atoms with van der Waals surface area (Å²) in [5.41, 5.74) is 2.24. The molecule has 3 rings (SSSR count). The van der Waals surface area contributed by atoms with E-state index in [1.54, 1.807) is 35.4 Å².